The average molecular weight is 682 g/mol. The maximum absolute atomic E-state index is 8.46. The van der Waals surface area contributed by atoms with Crippen LogP contribution in [0.4, 0.5) is 0 Å². The summed E-state index contributed by atoms with van der Waals surface area (Å²) in [6.45, 7) is 3.45. The van der Waals surface area contributed by atoms with Gasteiger partial charge in [0.25, 0.3) is 0 Å². The molecule has 0 fully saturated rings. The van der Waals surface area contributed by atoms with Crippen LogP contribution >= 0.6 is 0 Å². The fourth-order valence-corrected chi connectivity index (χ4v) is 1.16. The Morgan fingerprint density at radius 3 is 1.40 bits per heavy atom. The summed E-state index contributed by atoms with van der Waals surface area (Å²) in [6.07, 6.45) is 3.00. The largest absolute Gasteiger partial charge is 0.492 e. The van der Waals surface area contributed by atoms with Gasteiger partial charge in [0.15, 0.2) is 0 Å². The Morgan fingerprint density at radius 1 is 0.867 bits per heavy atom. The first kappa shape index (κ1) is 43.0. The molecule has 0 atom stereocenters. The van der Waals surface area contributed by atoms with Crippen molar-refractivity contribution >= 4 is 8.80 Å². The van der Waals surface area contributed by atoms with E-state index in [-0.39, 0.29) is 202 Å². The maximum atomic E-state index is 8.46. The summed E-state index contributed by atoms with van der Waals surface area (Å²) in [4.78, 5) is 25.4. The van der Waals surface area contributed by atoms with Crippen molar-refractivity contribution < 1.29 is 211 Å². The molecule has 3 N–H and O–H groups in total. The second kappa shape index (κ2) is 28.6. The monoisotopic (exact) mass is 681 g/mol. The first-order chi connectivity index (χ1) is 4.06. The smallest absolute Gasteiger partial charge is 0.390 e. The molecule has 0 aromatic carbocycles. The molecule has 6 radical (unpaired) electrons. The van der Waals surface area contributed by atoms with E-state index in [1.54, 1.807) is 6.08 Å². The minimum atomic E-state index is -3.74. The van der Waals surface area contributed by atoms with Gasteiger partial charge in [-0.15, -0.1) is 6.58 Å². The molecule has 0 aliphatic carbocycles. The van der Waals surface area contributed by atoms with E-state index in [1.807, 2.05) is 0 Å². The molecule has 15 heavy (non-hydrogen) atoms. The van der Waals surface area contributed by atoms with Crippen molar-refractivity contribution in [3.63, 3.8) is 0 Å². The Hall–Kier alpha value is 6.46. The van der Waals surface area contributed by atoms with E-state index in [4.69, 9.17) is 14.4 Å². The quantitative estimate of drug-likeness (QED) is 0.220. The number of hydrogen-bond donors (Lipinski definition) is 3. The topological polar surface area (TPSA) is 60.7 Å². The number of allylic oxidation sites excluding steroid dienone is 1. The fourth-order valence-electron chi connectivity index (χ4n) is 0.484. The first-order valence-corrected chi connectivity index (χ1v) is 4.89. The zero-order valence-electron chi connectivity index (χ0n) is 8.71. The maximum Gasteiger partial charge on any atom is 0.492 e. The summed E-state index contributed by atoms with van der Waals surface area (Å²) in [5, 5.41) is 0. The predicted molar refractivity (Wildman–Crippen MR) is 36.6 cm³/mol. The standard InChI is InChI=1S/C5H12O3Si.6Y/c1-2-3-4-5-9(6,7)8;;;;;;/h2,6-8H,1,3-5H2;;;;;;. The van der Waals surface area contributed by atoms with Gasteiger partial charge in [-0.3, -0.25) is 0 Å². The molecule has 0 saturated heterocycles. The Kier molecular flexibility index (Phi) is 81.9. The molecular formula is C5H12O3SiY6. The van der Waals surface area contributed by atoms with Gasteiger partial charge in [0.1, 0.15) is 0 Å². The second-order valence-electron chi connectivity index (χ2n) is 1.96. The molecule has 0 saturated carbocycles. The summed E-state index contributed by atoms with van der Waals surface area (Å²) in [7, 11) is -3.74. The van der Waals surface area contributed by atoms with E-state index >= 15 is 0 Å². The number of hydrogen-bond acceptors (Lipinski definition) is 3. The second-order valence-corrected chi connectivity index (χ2v) is 4.00. The summed E-state index contributed by atoms with van der Waals surface area (Å²) in [5.41, 5.74) is 0. The Morgan fingerprint density at radius 2 is 1.20 bits per heavy atom. The SMILES string of the molecule is C=CCCC[Si](O)(O)O.[Y].[Y].[Y].[Y].[Y].[Y]. The minimum Gasteiger partial charge on any atom is -0.390 e. The molecule has 10 heteroatoms. The van der Waals surface area contributed by atoms with Crippen molar-refractivity contribution in [1.82, 2.24) is 0 Å². The normalized spacial score (nSPS) is 6.87. The molecule has 0 amide bonds. The van der Waals surface area contributed by atoms with Gasteiger partial charge in [-0.05, 0) is 12.8 Å². The Bertz CT molecular complexity index is 101. The molecule has 0 aliphatic rings. The molecule has 0 aromatic rings. The van der Waals surface area contributed by atoms with E-state index in [0.29, 0.717) is 6.42 Å². The molecular weight excluding hydrogens is 670 g/mol. The van der Waals surface area contributed by atoms with E-state index in [9.17, 15) is 0 Å². The van der Waals surface area contributed by atoms with Gasteiger partial charge >= 0.3 is 8.80 Å². The van der Waals surface area contributed by atoms with Crippen molar-refractivity contribution in [3.05, 3.63) is 12.7 Å². The summed E-state index contributed by atoms with van der Waals surface area (Å²) in [6, 6.07) is 0.110. The third kappa shape index (κ3) is 44.9. The third-order valence-corrected chi connectivity index (χ3v) is 1.94. The van der Waals surface area contributed by atoms with Gasteiger partial charge in [-0.25, -0.2) is 0 Å². The van der Waals surface area contributed by atoms with Crippen molar-refractivity contribution in [2.24, 2.45) is 0 Å². The van der Waals surface area contributed by atoms with E-state index in [2.05, 4.69) is 6.58 Å². The van der Waals surface area contributed by atoms with Crippen molar-refractivity contribution in [1.29, 1.82) is 0 Å². The average Bonchev–Trinajstić information content (AvgIpc) is 1.63. The van der Waals surface area contributed by atoms with Crippen LogP contribution in [-0.4, -0.2) is 23.2 Å². The van der Waals surface area contributed by atoms with Gasteiger partial charge < -0.3 is 14.4 Å². The van der Waals surface area contributed by atoms with Crippen LogP contribution < -0.4 is 0 Å². The van der Waals surface area contributed by atoms with Crippen LogP contribution in [0.15, 0.2) is 12.7 Å². The minimum absolute atomic E-state index is 0. The summed E-state index contributed by atoms with van der Waals surface area (Å²) < 4.78 is 0. The number of unbranched alkanes of at least 4 members (excludes halogenated alkanes) is 1. The van der Waals surface area contributed by atoms with E-state index < -0.39 is 8.80 Å². The van der Waals surface area contributed by atoms with Crippen molar-refractivity contribution in [2.45, 2.75) is 18.9 Å². The van der Waals surface area contributed by atoms with Crippen LogP contribution in [0, 0.1) is 0 Å². The van der Waals surface area contributed by atoms with Crippen molar-refractivity contribution in [2.75, 3.05) is 0 Å². The molecule has 72 valence electrons. The first-order valence-electron chi connectivity index (χ1n) is 2.84. The zero-order valence-corrected chi connectivity index (χ0v) is 26.7. The van der Waals surface area contributed by atoms with Gasteiger partial charge in [0.2, 0.25) is 0 Å². The molecule has 0 bridgehead atoms. The van der Waals surface area contributed by atoms with Crippen LogP contribution in [0.1, 0.15) is 12.8 Å². The van der Waals surface area contributed by atoms with Crippen LogP contribution in [0.2, 0.25) is 6.04 Å². The summed E-state index contributed by atoms with van der Waals surface area (Å²) >= 11 is 0. The number of rotatable bonds is 4. The Balaban J connectivity index is -0.0000000213. The predicted octanol–water partition coefficient (Wildman–Crippen LogP) is -0.147. The van der Waals surface area contributed by atoms with Gasteiger partial charge in [-0.1, -0.05) is 6.08 Å². The fraction of sp³-hybridized carbons (Fsp3) is 0.600. The molecule has 0 rings (SSSR count). The zero-order chi connectivity index (χ0) is 7.33. The van der Waals surface area contributed by atoms with Gasteiger partial charge in [-0.2, -0.15) is 0 Å². The van der Waals surface area contributed by atoms with E-state index in [1.165, 1.54) is 0 Å². The third-order valence-electron chi connectivity index (χ3n) is 0.920. The van der Waals surface area contributed by atoms with Crippen molar-refractivity contribution in [3.8, 4) is 0 Å². The Labute approximate surface area is 244 Å². The molecule has 0 unspecified atom stereocenters. The van der Waals surface area contributed by atoms with Crippen LogP contribution in [0.25, 0.3) is 0 Å². The van der Waals surface area contributed by atoms with Crippen LogP contribution in [-0.2, 0) is 196 Å². The van der Waals surface area contributed by atoms with Crippen LogP contribution in [0.3, 0.4) is 0 Å². The molecule has 0 aliphatic heterocycles. The van der Waals surface area contributed by atoms with Crippen LogP contribution in [0.5, 0.6) is 0 Å². The molecule has 0 heterocycles. The molecule has 0 spiro atoms. The summed E-state index contributed by atoms with van der Waals surface area (Å²) in [5.74, 6) is 0. The molecule has 3 nitrogen and oxygen atoms in total. The van der Waals surface area contributed by atoms with Gasteiger partial charge in [0.05, 0.1) is 0 Å². The molecule has 0 aromatic heterocycles. The van der Waals surface area contributed by atoms with Gasteiger partial charge in [0, 0.05) is 202 Å². The van der Waals surface area contributed by atoms with E-state index in [0.717, 1.165) is 6.42 Å².